The molecular formula is C15H17ClN6O. The molecule has 0 unspecified atom stereocenters. The molecule has 8 heteroatoms. The van der Waals surface area contributed by atoms with Crippen molar-refractivity contribution in [3.8, 4) is 5.69 Å². The number of halogens is 1. The van der Waals surface area contributed by atoms with Gasteiger partial charge in [0, 0.05) is 18.2 Å². The molecule has 1 saturated carbocycles. The molecule has 0 aliphatic heterocycles. The van der Waals surface area contributed by atoms with Crippen LogP contribution >= 0.6 is 11.6 Å². The lowest BCUT2D eigenvalue weighted by Crippen LogP contribution is -2.29. The zero-order valence-electron chi connectivity index (χ0n) is 12.7. The van der Waals surface area contributed by atoms with Crippen molar-refractivity contribution in [3.63, 3.8) is 0 Å². The summed E-state index contributed by atoms with van der Waals surface area (Å²) >= 11 is 6.27. The van der Waals surface area contributed by atoms with Crippen LogP contribution in [0.25, 0.3) is 5.69 Å². The van der Waals surface area contributed by atoms with Gasteiger partial charge in [-0.3, -0.25) is 0 Å². The molecule has 0 spiro atoms. The molecule has 1 aliphatic carbocycles. The number of urea groups is 1. The largest absolute Gasteiger partial charge is 0.334 e. The first kappa shape index (κ1) is 15.5. The monoisotopic (exact) mass is 332 g/mol. The molecule has 2 aromatic rings. The van der Waals surface area contributed by atoms with Gasteiger partial charge >= 0.3 is 6.03 Å². The van der Waals surface area contributed by atoms with Crippen LogP contribution in [0.3, 0.4) is 0 Å². The Morgan fingerprint density at radius 3 is 2.96 bits per heavy atom. The van der Waals surface area contributed by atoms with E-state index in [0.29, 0.717) is 28.9 Å². The molecule has 2 amide bonds. The summed E-state index contributed by atoms with van der Waals surface area (Å²) in [4.78, 5) is 11.8. The van der Waals surface area contributed by atoms with E-state index in [9.17, 15) is 4.79 Å². The van der Waals surface area contributed by atoms with Crippen LogP contribution in [0.2, 0.25) is 5.02 Å². The summed E-state index contributed by atoms with van der Waals surface area (Å²) in [5, 5.41) is 17.8. The quantitative estimate of drug-likeness (QED) is 0.824. The maximum Gasteiger partial charge on any atom is 0.319 e. The van der Waals surface area contributed by atoms with Crippen molar-refractivity contribution in [1.29, 1.82) is 0 Å². The molecule has 7 nitrogen and oxygen atoms in total. The minimum Gasteiger partial charge on any atom is -0.334 e. The second-order valence-corrected chi connectivity index (χ2v) is 6.06. The third kappa shape index (κ3) is 3.68. The molecule has 0 atom stereocenters. The minimum atomic E-state index is -0.305. The molecule has 1 aromatic heterocycles. The predicted molar refractivity (Wildman–Crippen MR) is 88.0 cm³/mol. The highest BCUT2D eigenvalue weighted by molar-refractivity contribution is 6.32. The van der Waals surface area contributed by atoms with E-state index in [2.05, 4.69) is 32.7 Å². The summed E-state index contributed by atoms with van der Waals surface area (Å²) in [6.45, 7) is 6.01. The van der Waals surface area contributed by atoms with Gasteiger partial charge in [0.2, 0.25) is 0 Å². The lowest BCUT2D eigenvalue weighted by Gasteiger charge is -2.11. The van der Waals surface area contributed by atoms with E-state index in [1.54, 1.807) is 22.9 Å². The number of benzene rings is 1. The fourth-order valence-electron chi connectivity index (χ4n) is 2.12. The normalized spacial score (nSPS) is 13.7. The Morgan fingerprint density at radius 2 is 2.26 bits per heavy atom. The summed E-state index contributed by atoms with van der Waals surface area (Å²) in [6.07, 6.45) is 2.17. The third-order valence-corrected chi connectivity index (χ3v) is 3.74. The number of nitrogens with one attached hydrogen (secondary N) is 2. The highest BCUT2D eigenvalue weighted by Crippen LogP contribution is 2.39. The van der Waals surface area contributed by atoms with Crippen molar-refractivity contribution < 1.29 is 4.79 Å². The summed E-state index contributed by atoms with van der Waals surface area (Å²) in [7, 11) is 0. The van der Waals surface area contributed by atoms with Crippen LogP contribution in [-0.4, -0.2) is 32.8 Å². The Hall–Kier alpha value is -2.41. The first-order valence-electron chi connectivity index (χ1n) is 7.32. The molecule has 1 fully saturated rings. The van der Waals surface area contributed by atoms with Crippen LogP contribution in [0, 0.1) is 0 Å². The number of carbonyl (C=O) groups excluding carboxylic acids is 1. The van der Waals surface area contributed by atoms with Gasteiger partial charge < -0.3 is 10.6 Å². The number of rotatable bonds is 5. The van der Waals surface area contributed by atoms with E-state index in [1.807, 2.05) is 6.92 Å². The highest BCUT2D eigenvalue weighted by atomic mass is 35.5. The molecule has 0 saturated heterocycles. The average molecular weight is 333 g/mol. The Labute approximate surface area is 138 Å². The molecular weight excluding hydrogens is 316 g/mol. The molecule has 23 heavy (non-hydrogen) atoms. The first-order chi connectivity index (χ1) is 11.0. The van der Waals surface area contributed by atoms with Crippen LogP contribution < -0.4 is 10.6 Å². The van der Waals surface area contributed by atoms with Gasteiger partial charge in [0.1, 0.15) is 0 Å². The van der Waals surface area contributed by atoms with Crippen molar-refractivity contribution in [2.24, 2.45) is 0 Å². The molecule has 3 rings (SSSR count). The van der Waals surface area contributed by atoms with Crippen LogP contribution in [0.1, 0.15) is 31.5 Å². The number of anilines is 1. The van der Waals surface area contributed by atoms with Crippen molar-refractivity contribution in [1.82, 2.24) is 25.5 Å². The maximum atomic E-state index is 11.8. The molecule has 1 aliphatic rings. The van der Waals surface area contributed by atoms with Gasteiger partial charge in [-0.15, -0.1) is 5.10 Å². The molecule has 2 N–H and O–H groups in total. The fraction of sp³-hybridized carbons (Fsp3) is 0.333. The summed E-state index contributed by atoms with van der Waals surface area (Å²) < 4.78 is 1.64. The summed E-state index contributed by atoms with van der Waals surface area (Å²) in [5.41, 5.74) is 2.14. The van der Waals surface area contributed by atoms with Gasteiger partial charge in [-0.05, 0) is 48.4 Å². The van der Waals surface area contributed by atoms with Gasteiger partial charge in [-0.2, -0.15) is 4.68 Å². The molecule has 0 bridgehead atoms. The highest BCUT2D eigenvalue weighted by Gasteiger charge is 2.30. The van der Waals surface area contributed by atoms with E-state index in [4.69, 9.17) is 11.6 Å². The van der Waals surface area contributed by atoms with Crippen LogP contribution in [-0.2, 0) is 0 Å². The average Bonchev–Trinajstić information content (AvgIpc) is 3.25. The second-order valence-electron chi connectivity index (χ2n) is 5.65. The predicted octanol–water partition coefficient (Wildman–Crippen LogP) is 2.89. The molecule has 120 valence electrons. The Kier molecular flexibility index (Phi) is 4.29. The van der Waals surface area contributed by atoms with Gasteiger partial charge in [-0.25, -0.2) is 4.79 Å². The number of hydrogen-bond acceptors (Lipinski definition) is 4. The van der Waals surface area contributed by atoms with Crippen LogP contribution in [0.15, 0.2) is 30.4 Å². The Bertz CT molecular complexity index is 752. The SMILES string of the molecule is C=C(C)CNC(=O)Nc1ccc(Cl)c(-n2nnnc2C2CC2)c1. The zero-order valence-corrected chi connectivity index (χ0v) is 13.5. The Morgan fingerprint density at radius 1 is 1.48 bits per heavy atom. The number of tetrazole rings is 1. The second kappa shape index (κ2) is 6.37. The fourth-order valence-corrected chi connectivity index (χ4v) is 2.32. The molecule has 1 heterocycles. The zero-order chi connectivity index (χ0) is 16.4. The smallest absolute Gasteiger partial charge is 0.319 e. The van der Waals surface area contributed by atoms with E-state index in [-0.39, 0.29) is 6.03 Å². The lowest BCUT2D eigenvalue weighted by atomic mass is 10.2. The summed E-state index contributed by atoms with van der Waals surface area (Å²) in [6, 6.07) is 4.89. The number of carbonyl (C=O) groups is 1. The Balaban J connectivity index is 1.80. The first-order valence-corrected chi connectivity index (χ1v) is 7.70. The van der Waals surface area contributed by atoms with E-state index >= 15 is 0 Å². The van der Waals surface area contributed by atoms with Crippen molar-refractivity contribution in [2.45, 2.75) is 25.7 Å². The van der Waals surface area contributed by atoms with Gasteiger partial charge in [0.25, 0.3) is 0 Å². The van der Waals surface area contributed by atoms with Gasteiger partial charge in [-0.1, -0.05) is 23.8 Å². The third-order valence-electron chi connectivity index (χ3n) is 3.42. The van der Waals surface area contributed by atoms with Crippen molar-refractivity contribution in [2.75, 3.05) is 11.9 Å². The molecule has 0 radical (unpaired) electrons. The number of aromatic nitrogens is 4. The van der Waals surface area contributed by atoms with Crippen LogP contribution in [0.5, 0.6) is 0 Å². The van der Waals surface area contributed by atoms with Gasteiger partial charge in [0.15, 0.2) is 5.82 Å². The lowest BCUT2D eigenvalue weighted by molar-refractivity contribution is 0.253. The van der Waals surface area contributed by atoms with Crippen molar-refractivity contribution >= 4 is 23.3 Å². The van der Waals surface area contributed by atoms with E-state index in [1.165, 1.54) is 0 Å². The maximum absolute atomic E-state index is 11.8. The van der Waals surface area contributed by atoms with Crippen molar-refractivity contribution in [3.05, 3.63) is 41.2 Å². The van der Waals surface area contributed by atoms with Crippen LogP contribution in [0.4, 0.5) is 10.5 Å². The standard InChI is InChI=1S/C15H17ClN6O/c1-9(2)8-17-15(23)18-11-5-6-12(16)13(7-11)22-14(10-3-4-10)19-20-21-22/h5-7,10H,1,3-4,8H2,2H3,(H2,17,18,23). The number of hydrogen-bond donors (Lipinski definition) is 2. The number of amides is 2. The van der Waals surface area contributed by atoms with E-state index < -0.39 is 0 Å². The number of nitrogens with zero attached hydrogens (tertiary/aromatic N) is 4. The van der Waals surface area contributed by atoms with Gasteiger partial charge in [0.05, 0.1) is 10.7 Å². The summed E-state index contributed by atoms with van der Waals surface area (Å²) in [5.74, 6) is 1.19. The minimum absolute atomic E-state index is 0.305. The van der Waals surface area contributed by atoms with E-state index in [0.717, 1.165) is 24.2 Å². The topological polar surface area (TPSA) is 84.7 Å². The molecule has 1 aromatic carbocycles.